The predicted molar refractivity (Wildman–Crippen MR) is 140 cm³/mol. The van der Waals surface area contributed by atoms with Crippen LogP contribution in [0.2, 0.25) is 5.02 Å². The molecule has 0 atom stereocenters. The summed E-state index contributed by atoms with van der Waals surface area (Å²) in [5.74, 6) is 0.258. The summed E-state index contributed by atoms with van der Waals surface area (Å²) < 4.78 is 5.14. The van der Waals surface area contributed by atoms with E-state index in [0.717, 1.165) is 22.3 Å². The Morgan fingerprint density at radius 3 is 2.47 bits per heavy atom. The Hall–Kier alpha value is -4.43. The Morgan fingerprint density at radius 1 is 0.972 bits per heavy atom. The molecule has 0 fully saturated rings. The number of amides is 2. The number of carbonyl (C=O) groups excluding carboxylic acids is 2. The lowest BCUT2D eigenvalue weighted by Gasteiger charge is -2.08. The number of halogens is 1. The van der Waals surface area contributed by atoms with Crippen LogP contribution in [0, 0.1) is 5.92 Å². The van der Waals surface area contributed by atoms with Gasteiger partial charge < -0.3 is 20.0 Å². The number of benzene rings is 2. The highest BCUT2D eigenvalue weighted by Gasteiger charge is 2.14. The fourth-order valence-electron chi connectivity index (χ4n) is 3.60. The van der Waals surface area contributed by atoms with Crippen molar-refractivity contribution in [3.8, 4) is 22.5 Å². The number of nitrogens with one attached hydrogen (secondary N) is 3. The summed E-state index contributed by atoms with van der Waals surface area (Å²) in [7, 11) is 0. The monoisotopic (exact) mass is 499 g/mol. The van der Waals surface area contributed by atoms with E-state index >= 15 is 0 Å². The number of nitrogens with zero attached hydrogens (tertiary/aromatic N) is 2. The summed E-state index contributed by atoms with van der Waals surface area (Å²) in [6.45, 7) is 3.70. The third-order valence-corrected chi connectivity index (χ3v) is 5.90. The van der Waals surface area contributed by atoms with Crippen LogP contribution in [0.3, 0.4) is 0 Å². The second-order valence-corrected chi connectivity index (χ2v) is 8.94. The molecule has 3 N–H and O–H groups in total. The minimum absolute atomic E-state index is 0.0286. The van der Waals surface area contributed by atoms with E-state index in [2.05, 4.69) is 25.6 Å². The maximum absolute atomic E-state index is 12.3. The second-order valence-electron chi connectivity index (χ2n) is 8.53. The summed E-state index contributed by atoms with van der Waals surface area (Å²) >= 11 is 6.45. The first-order valence-electron chi connectivity index (χ1n) is 11.3. The predicted octanol–water partition coefficient (Wildman–Crippen LogP) is 6.39. The molecule has 0 bridgehead atoms. The van der Waals surface area contributed by atoms with Gasteiger partial charge in [-0.25, -0.2) is 9.97 Å². The van der Waals surface area contributed by atoms with Crippen LogP contribution in [-0.2, 0) is 4.79 Å². The number of imidazole rings is 1. The summed E-state index contributed by atoms with van der Waals surface area (Å²) in [4.78, 5) is 36.6. The van der Waals surface area contributed by atoms with Gasteiger partial charge in [-0.15, -0.1) is 0 Å². The molecule has 36 heavy (non-hydrogen) atoms. The molecule has 5 aromatic rings. The van der Waals surface area contributed by atoms with Crippen LogP contribution in [0.5, 0.6) is 0 Å². The summed E-state index contributed by atoms with van der Waals surface area (Å²) in [6.07, 6.45) is 3.19. The normalized spacial score (nSPS) is 11.1. The van der Waals surface area contributed by atoms with Crippen LogP contribution < -0.4 is 10.6 Å². The third kappa shape index (κ3) is 4.85. The van der Waals surface area contributed by atoms with E-state index in [-0.39, 0.29) is 23.5 Å². The molecule has 0 saturated heterocycles. The number of aromatic nitrogens is 3. The number of furan rings is 1. The molecule has 9 heteroatoms. The molecule has 2 aromatic carbocycles. The van der Waals surface area contributed by atoms with Gasteiger partial charge in [-0.05, 0) is 54.1 Å². The summed E-state index contributed by atoms with van der Waals surface area (Å²) in [5, 5.41) is 6.16. The number of H-pyrrole nitrogens is 1. The molecular weight excluding hydrogens is 478 g/mol. The molecule has 0 aliphatic heterocycles. The number of carbonyl (C=O) groups is 2. The number of hydrogen-bond acceptors (Lipinski definition) is 5. The van der Waals surface area contributed by atoms with E-state index in [9.17, 15) is 9.59 Å². The lowest BCUT2D eigenvalue weighted by Crippen LogP contribution is -2.17. The summed E-state index contributed by atoms with van der Waals surface area (Å²) in [5.41, 5.74) is 5.03. The SMILES string of the molecule is CC(C)C(=O)Nc1ccc(-c2cnc3nc(-c4cc(NC(=O)c5ccco5)ccc4Cl)[nH]c3c2)cc1. The standard InChI is InChI=1S/C27H22ClN5O3/c1-15(2)26(34)30-18-7-5-16(6-8-18)17-12-22-25(29-14-17)33-24(32-22)20-13-19(9-10-21(20)28)31-27(35)23-4-3-11-36-23/h3-15H,1-2H3,(H,30,34)(H,31,35)(H,29,32,33). The smallest absolute Gasteiger partial charge is 0.291 e. The molecule has 5 rings (SSSR count). The van der Waals surface area contributed by atoms with E-state index in [1.807, 2.05) is 44.2 Å². The van der Waals surface area contributed by atoms with Crippen LogP contribution in [0.4, 0.5) is 11.4 Å². The molecule has 0 unspecified atom stereocenters. The first kappa shape index (κ1) is 23.3. The van der Waals surface area contributed by atoms with E-state index < -0.39 is 0 Å². The van der Waals surface area contributed by atoms with Gasteiger partial charge in [-0.1, -0.05) is 37.6 Å². The lowest BCUT2D eigenvalue weighted by molar-refractivity contribution is -0.118. The van der Waals surface area contributed by atoms with Crippen molar-refractivity contribution in [2.75, 3.05) is 10.6 Å². The van der Waals surface area contributed by atoms with Gasteiger partial charge in [0.15, 0.2) is 11.4 Å². The molecule has 3 heterocycles. The van der Waals surface area contributed by atoms with Crippen molar-refractivity contribution < 1.29 is 14.0 Å². The van der Waals surface area contributed by atoms with E-state index in [1.165, 1.54) is 6.26 Å². The van der Waals surface area contributed by atoms with Crippen molar-refractivity contribution in [1.29, 1.82) is 0 Å². The minimum Gasteiger partial charge on any atom is -0.459 e. The molecular formula is C27H22ClN5O3. The Kier molecular flexibility index (Phi) is 6.26. The van der Waals surface area contributed by atoms with Gasteiger partial charge in [0.2, 0.25) is 5.91 Å². The molecule has 2 amide bonds. The summed E-state index contributed by atoms with van der Waals surface area (Å²) in [6, 6.07) is 17.9. The van der Waals surface area contributed by atoms with Crippen molar-refractivity contribution >= 4 is 46.0 Å². The average molecular weight is 500 g/mol. The number of rotatable bonds is 6. The number of anilines is 2. The van der Waals surface area contributed by atoms with Crippen LogP contribution in [0.25, 0.3) is 33.7 Å². The largest absolute Gasteiger partial charge is 0.459 e. The second kappa shape index (κ2) is 9.67. The zero-order valence-corrected chi connectivity index (χ0v) is 20.3. The van der Waals surface area contributed by atoms with E-state index in [1.54, 1.807) is 36.5 Å². The number of pyridine rings is 1. The average Bonchev–Trinajstić information content (AvgIpc) is 3.55. The number of fused-ring (bicyclic) bond motifs is 1. The highest BCUT2D eigenvalue weighted by atomic mass is 35.5. The van der Waals surface area contributed by atoms with Gasteiger partial charge in [0.05, 0.1) is 16.8 Å². The molecule has 8 nitrogen and oxygen atoms in total. The minimum atomic E-state index is -0.362. The zero-order valence-electron chi connectivity index (χ0n) is 19.5. The van der Waals surface area contributed by atoms with Crippen LogP contribution in [-0.4, -0.2) is 26.8 Å². The zero-order chi connectivity index (χ0) is 25.2. The molecule has 0 spiro atoms. The van der Waals surface area contributed by atoms with Crippen molar-refractivity contribution in [1.82, 2.24) is 15.0 Å². The highest BCUT2D eigenvalue weighted by molar-refractivity contribution is 6.33. The van der Waals surface area contributed by atoms with Gasteiger partial charge >= 0.3 is 0 Å². The van der Waals surface area contributed by atoms with Crippen molar-refractivity contribution in [2.24, 2.45) is 5.92 Å². The Labute approximate surface area is 211 Å². The first-order valence-corrected chi connectivity index (χ1v) is 11.7. The van der Waals surface area contributed by atoms with Crippen LogP contribution >= 0.6 is 11.6 Å². The van der Waals surface area contributed by atoms with Crippen LogP contribution in [0.1, 0.15) is 24.4 Å². The Bertz CT molecular complexity index is 1560. The lowest BCUT2D eigenvalue weighted by atomic mass is 10.1. The Morgan fingerprint density at radius 2 is 1.75 bits per heavy atom. The van der Waals surface area contributed by atoms with E-state index in [0.29, 0.717) is 27.7 Å². The Balaban J connectivity index is 1.40. The van der Waals surface area contributed by atoms with Crippen molar-refractivity contribution in [3.05, 3.63) is 83.9 Å². The van der Waals surface area contributed by atoms with E-state index in [4.69, 9.17) is 16.0 Å². The maximum Gasteiger partial charge on any atom is 0.291 e. The van der Waals surface area contributed by atoms with Crippen molar-refractivity contribution in [2.45, 2.75) is 13.8 Å². The fourth-order valence-corrected chi connectivity index (χ4v) is 3.81. The molecule has 0 radical (unpaired) electrons. The van der Waals surface area contributed by atoms with Gasteiger partial charge in [-0.2, -0.15) is 0 Å². The first-order chi connectivity index (χ1) is 17.4. The van der Waals surface area contributed by atoms with Crippen molar-refractivity contribution in [3.63, 3.8) is 0 Å². The third-order valence-electron chi connectivity index (χ3n) is 5.57. The molecule has 0 aliphatic carbocycles. The highest BCUT2D eigenvalue weighted by Crippen LogP contribution is 2.31. The fraction of sp³-hybridized carbons (Fsp3) is 0.111. The number of aromatic amines is 1. The molecule has 180 valence electrons. The molecule has 0 saturated carbocycles. The molecule has 3 aromatic heterocycles. The topological polar surface area (TPSA) is 113 Å². The number of hydrogen-bond donors (Lipinski definition) is 3. The van der Waals surface area contributed by atoms with Gasteiger partial charge in [0.1, 0.15) is 5.82 Å². The van der Waals surface area contributed by atoms with Crippen LogP contribution in [0.15, 0.2) is 77.5 Å². The quantitative estimate of drug-likeness (QED) is 0.251. The van der Waals surface area contributed by atoms with Gasteiger partial charge in [-0.3, -0.25) is 9.59 Å². The maximum atomic E-state index is 12.3. The van der Waals surface area contributed by atoms with Gasteiger partial charge in [0, 0.05) is 34.6 Å². The molecule has 0 aliphatic rings. The van der Waals surface area contributed by atoms with Gasteiger partial charge in [0.25, 0.3) is 5.91 Å².